The summed E-state index contributed by atoms with van der Waals surface area (Å²) < 4.78 is 0. The molecule has 18 heavy (non-hydrogen) atoms. The van der Waals surface area contributed by atoms with Crippen molar-refractivity contribution in [1.29, 1.82) is 0 Å². The van der Waals surface area contributed by atoms with E-state index in [0.717, 1.165) is 24.3 Å². The largest absolute Gasteiger partial charge is 0.390 e. The number of rotatable bonds is 7. The summed E-state index contributed by atoms with van der Waals surface area (Å²) in [6, 6.07) is 5.84. The SMILES string of the molecule is CCN(CC)CC(O)CNc1cc(C)ccc1Cl. The molecule has 4 heteroatoms. The zero-order valence-electron chi connectivity index (χ0n) is 11.4. The zero-order chi connectivity index (χ0) is 13.5. The number of aliphatic hydroxyl groups excluding tert-OH is 1. The molecule has 3 nitrogen and oxygen atoms in total. The molecule has 0 saturated carbocycles. The lowest BCUT2D eigenvalue weighted by atomic mass is 10.2. The van der Waals surface area contributed by atoms with E-state index in [-0.39, 0.29) is 6.10 Å². The number of nitrogens with one attached hydrogen (secondary N) is 1. The fraction of sp³-hybridized carbons (Fsp3) is 0.571. The van der Waals surface area contributed by atoms with Crippen LogP contribution in [0.25, 0.3) is 0 Å². The van der Waals surface area contributed by atoms with Crippen LogP contribution in [0.4, 0.5) is 5.69 Å². The van der Waals surface area contributed by atoms with Gasteiger partial charge in [0.2, 0.25) is 0 Å². The lowest BCUT2D eigenvalue weighted by Gasteiger charge is -2.22. The van der Waals surface area contributed by atoms with Crippen molar-refractivity contribution in [2.75, 3.05) is 31.5 Å². The highest BCUT2D eigenvalue weighted by molar-refractivity contribution is 6.33. The fourth-order valence-electron chi connectivity index (χ4n) is 1.85. The van der Waals surface area contributed by atoms with Gasteiger partial charge in [0.05, 0.1) is 16.8 Å². The maximum Gasteiger partial charge on any atom is 0.0839 e. The van der Waals surface area contributed by atoms with Crippen LogP contribution in [0.3, 0.4) is 0 Å². The first-order valence-corrected chi connectivity index (χ1v) is 6.85. The van der Waals surface area contributed by atoms with E-state index < -0.39 is 0 Å². The van der Waals surface area contributed by atoms with Gasteiger partial charge in [-0.05, 0) is 37.7 Å². The number of aryl methyl sites for hydroxylation is 1. The number of anilines is 1. The Morgan fingerprint density at radius 1 is 1.33 bits per heavy atom. The molecular formula is C14H23ClN2O. The van der Waals surface area contributed by atoms with Gasteiger partial charge < -0.3 is 15.3 Å². The molecule has 102 valence electrons. The van der Waals surface area contributed by atoms with Crippen LogP contribution >= 0.6 is 11.6 Å². The van der Waals surface area contributed by atoms with Gasteiger partial charge in [0.25, 0.3) is 0 Å². The molecule has 1 atom stereocenters. The normalized spacial score (nSPS) is 12.8. The van der Waals surface area contributed by atoms with Crippen LogP contribution < -0.4 is 5.32 Å². The first kappa shape index (κ1) is 15.3. The van der Waals surface area contributed by atoms with Gasteiger partial charge in [0.15, 0.2) is 0 Å². The quantitative estimate of drug-likeness (QED) is 0.800. The number of hydrogen-bond donors (Lipinski definition) is 2. The van der Waals surface area contributed by atoms with Crippen LogP contribution in [0.2, 0.25) is 5.02 Å². The molecule has 0 bridgehead atoms. The Kier molecular flexibility index (Phi) is 6.47. The molecule has 2 N–H and O–H groups in total. The minimum absolute atomic E-state index is 0.388. The molecule has 1 rings (SSSR count). The second-order valence-electron chi connectivity index (χ2n) is 4.50. The third kappa shape index (κ3) is 4.84. The first-order valence-electron chi connectivity index (χ1n) is 6.47. The standard InChI is InChI=1S/C14H23ClN2O/c1-4-17(5-2)10-12(18)9-16-14-8-11(3)6-7-13(14)15/h6-8,12,16,18H,4-5,9-10H2,1-3H3. The van der Waals surface area contributed by atoms with Gasteiger partial charge in [0.1, 0.15) is 0 Å². The summed E-state index contributed by atoms with van der Waals surface area (Å²) in [6.07, 6.45) is -0.388. The highest BCUT2D eigenvalue weighted by Gasteiger charge is 2.09. The number of benzene rings is 1. The summed E-state index contributed by atoms with van der Waals surface area (Å²) in [6.45, 7) is 9.33. The molecule has 1 aromatic rings. The second kappa shape index (κ2) is 7.62. The van der Waals surface area contributed by atoms with Gasteiger partial charge >= 0.3 is 0 Å². The number of likely N-dealkylation sites (N-methyl/N-ethyl adjacent to an activating group) is 1. The molecule has 1 aromatic carbocycles. The summed E-state index contributed by atoms with van der Waals surface area (Å²) in [5.41, 5.74) is 2.04. The Morgan fingerprint density at radius 3 is 2.61 bits per heavy atom. The summed E-state index contributed by atoms with van der Waals surface area (Å²) in [7, 11) is 0. The van der Waals surface area contributed by atoms with Crippen LogP contribution in [0.15, 0.2) is 18.2 Å². The van der Waals surface area contributed by atoms with Crippen molar-refractivity contribution in [3.63, 3.8) is 0 Å². The van der Waals surface area contributed by atoms with Crippen molar-refractivity contribution in [3.8, 4) is 0 Å². The highest BCUT2D eigenvalue weighted by Crippen LogP contribution is 2.22. The van der Waals surface area contributed by atoms with Crippen LogP contribution in [-0.2, 0) is 0 Å². The zero-order valence-corrected chi connectivity index (χ0v) is 12.2. The fourth-order valence-corrected chi connectivity index (χ4v) is 2.03. The molecule has 0 radical (unpaired) electrons. The van der Waals surface area contributed by atoms with E-state index >= 15 is 0 Å². The number of aliphatic hydroxyl groups is 1. The molecule has 1 unspecified atom stereocenters. The van der Waals surface area contributed by atoms with Crippen molar-refractivity contribution in [2.45, 2.75) is 26.9 Å². The number of nitrogens with zero attached hydrogens (tertiary/aromatic N) is 1. The molecule has 0 aromatic heterocycles. The van der Waals surface area contributed by atoms with Gasteiger partial charge in [-0.15, -0.1) is 0 Å². The van der Waals surface area contributed by atoms with Crippen LogP contribution in [0.5, 0.6) is 0 Å². The summed E-state index contributed by atoms with van der Waals surface area (Å²) >= 11 is 6.09. The van der Waals surface area contributed by atoms with E-state index in [9.17, 15) is 5.11 Å². The maximum atomic E-state index is 9.96. The van der Waals surface area contributed by atoms with E-state index in [0.29, 0.717) is 18.1 Å². The lowest BCUT2D eigenvalue weighted by molar-refractivity contribution is 0.128. The van der Waals surface area contributed by atoms with E-state index in [1.807, 2.05) is 25.1 Å². The molecule has 0 aliphatic carbocycles. The average Bonchev–Trinajstić information content (AvgIpc) is 2.37. The van der Waals surface area contributed by atoms with Crippen molar-refractivity contribution in [3.05, 3.63) is 28.8 Å². The Hall–Kier alpha value is -0.770. The van der Waals surface area contributed by atoms with Gasteiger partial charge in [0, 0.05) is 13.1 Å². The monoisotopic (exact) mass is 270 g/mol. The third-order valence-corrected chi connectivity index (χ3v) is 3.34. The number of halogens is 1. The minimum Gasteiger partial charge on any atom is -0.390 e. The first-order chi connectivity index (χ1) is 8.56. The van der Waals surface area contributed by atoms with Crippen molar-refractivity contribution in [1.82, 2.24) is 4.90 Å². The lowest BCUT2D eigenvalue weighted by Crippen LogP contribution is -2.35. The smallest absolute Gasteiger partial charge is 0.0839 e. The minimum atomic E-state index is -0.388. The van der Waals surface area contributed by atoms with Gasteiger partial charge in [-0.3, -0.25) is 0 Å². The average molecular weight is 271 g/mol. The Balaban J connectivity index is 2.46. The van der Waals surface area contributed by atoms with Crippen molar-refractivity contribution in [2.24, 2.45) is 0 Å². The third-order valence-electron chi connectivity index (χ3n) is 3.01. The predicted molar refractivity (Wildman–Crippen MR) is 78.5 cm³/mol. The molecule has 0 heterocycles. The van der Waals surface area contributed by atoms with Gasteiger partial charge in [-0.25, -0.2) is 0 Å². The summed E-state index contributed by atoms with van der Waals surface area (Å²) in [5.74, 6) is 0. The van der Waals surface area contributed by atoms with Crippen LogP contribution in [0, 0.1) is 6.92 Å². The second-order valence-corrected chi connectivity index (χ2v) is 4.91. The molecule has 0 aliphatic heterocycles. The molecule has 0 saturated heterocycles. The van der Waals surface area contributed by atoms with E-state index in [4.69, 9.17) is 11.6 Å². The Labute approximate surface area is 115 Å². The van der Waals surface area contributed by atoms with Crippen LogP contribution in [-0.4, -0.2) is 42.3 Å². The number of hydrogen-bond acceptors (Lipinski definition) is 3. The van der Waals surface area contributed by atoms with E-state index in [1.165, 1.54) is 0 Å². The van der Waals surface area contributed by atoms with E-state index in [1.54, 1.807) is 0 Å². The summed E-state index contributed by atoms with van der Waals surface area (Å²) in [5, 5.41) is 13.8. The van der Waals surface area contributed by atoms with Gasteiger partial charge in [-0.1, -0.05) is 31.5 Å². The predicted octanol–water partition coefficient (Wildman–Crippen LogP) is 2.76. The van der Waals surface area contributed by atoms with Crippen molar-refractivity contribution < 1.29 is 5.11 Å². The Morgan fingerprint density at radius 2 is 2.00 bits per heavy atom. The molecular weight excluding hydrogens is 248 g/mol. The summed E-state index contributed by atoms with van der Waals surface area (Å²) in [4.78, 5) is 2.20. The molecule has 0 amide bonds. The van der Waals surface area contributed by atoms with Crippen molar-refractivity contribution >= 4 is 17.3 Å². The molecule has 0 aliphatic rings. The topological polar surface area (TPSA) is 35.5 Å². The molecule has 0 fully saturated rings. The highest BCUT2D eigenvalue weighted by atomic mass is 35.5. The van der Waals surface area contributed by atoms with Gasteiger partial charge in [-0.2, -0.15) is 0 Å². The maximum absolute atomic E-state index is 9.96. The molecule has 0 spiro atoms. The van der Waals surface area contributed by atoms with Crippen LogP contribution in [0.1, 0.15) is 19.4 Å². The van der Waals surface area contributed by atoms with E-state index in [2.05, 4.69) is 24.1 Å². The Bertz CT molecular complexity index is 367.